The number of aldehydes is 1. The smallest absolute Gasteiger partial charge is 0.152 e. The highest BCUT2D eigenvalue weighted by Crippen LogP contribution is 2.07. The second kappa shape index (κ2) is 3.25. The molecule has 0 saturated carbocycles. The molecule has 0 saturated heterocycles. The average molecular weight is 154 g/mol. The van der Waals surface area contributed by atoms with E-state index in [2.05, 4.69) is 0 Å². The molecule has 3 heteroatoms. The van der Waals surface area contributed by atoms with Gasteiger partial charge in [-0.05, 0) is 17.7 Å². The summed E-state index contributed by atoms with van der Waals surface area (Å²) in [6.07, 6.45) is 0.441. The molecule has 1 aromatic rings. The molecule has 0 aromatic heterocycles. The minimum absolute atomic E-state index is 0.0159. The van der Waals surface area contributed by atoms with Crippen molar-refractivity contribution in [1.29, 1.82) is 0 Å². The maximum absolute atomic E-state index is 12.7. The minimum Gasteiger partial charge on any atom is -0.392 e. The number of rotatable bonds is 2. The second-order valence-corrected chi connectivity index (χ2v) is 2.13. The van der Waals surface area contributed by atoms with Gasteiger partial charge < -0.3 is 5.11 Å². The zero-order valence-corrected chi connectivity index (χ0v) is 5.75. The van der Waals surface area contributed by atoms with Gasteiger partial charge in [0.25, 0.3) is 0 Å². The summed E-state index contributed by atoms with van der Waals surface area (Å²) in [6.45, 7) is -0.212. The molecule has 0 amide bonds. The maximum Gasteiger partial charge on any atom is 0.152 e. The summed E-state index contributed by atoms with van der Waals surface area (Å²) in [5.74, 6) is -0.591. The van der Waals surface area contributed by atoms with Crippen LogP contribution in [0, 0.1) is 5.82 Å². The molecule has 1 aromatic carbocycles. The number of benzene rings is 1. The second-order valence-electron chi connectivity index (χ2n) is 2.13. The van der Waals surface area contributed by atoms with Crippen LogP contribution >= 0.6 is 0 Å². The Morgan fingerprint density at radius 3 is 2.73 bits per heavy atom. The van der Waals surface area contributed by atoms with Gasteiger partial charge in [0.15, 0.2) is 6.29 Å². The van der Waals surface area contributed by atoms with E-state index in [4.69, 9.17) is 5.11 Å². The van der Waals surface area contributed by atoms with Gasteiger partial charge >= 0.3 is 0 Å². The molecule has 1 rings (SSSR count). The Labute approximate surface area is 63.3 Å². The molecule has 11 heavy (non-hydrogen) atoms. The van der Waals surface area contributed by atoms with Gasteiger partial charge in [-0.25, -0.2) is 4.39 Å². The van der Waals surface area contributed by atoms with E-state index >= 15 is 0 Å². The van der Waals surface area contributed by atoms with Crippen LogP contribution in [0.3, 0.4) is 0 Å². The fourth-order valence-corrected chi connectivity index (χ4v) is 0.765. The molecule has 0 aliphatic carbocycles. The zero-order chi connectivity index (χ0) is 8.27. The van der Waals surface area contributed by atoms with Crippen molar-refractivity contribution >= 4 is 6.29 Å². The molecule has 0 spiro atoms. The first kappa shape index (κ1) is 7.88. The van der Waals surface area contributed by atoms with Crippen molar-refractivity contribution in [1.82, 2.24) is 0 Å². The topological polar surface area (TPSA) is 37.3 Å². The fourth-order valence-electron chi connectivity index (χ4n) is 0.765. The van der Waals surface area contributed by atoms with E-state index in [1.54, 1.807) is 0 Å². The van der Waals surface area contributed by atoms with Crippen LogP contribution in [0.25, 0.3) is 0 Å². The third kappa shape index (κ3) is 1.62. The molecule has 0 atom stereocenters. The summed E-state index contributed by atoms with van der Waals surface area (Å²) < 4.78 is 12.7. The summed E-state index contributed by atoms with van der Waals surface area (Å²) in [5, 5.41) is 8.57. The lowest BCUT2D eigenvalue weighted by molar-refractivity contribution is 0.111. The molecule has 0 aliphatic heterocycles. The quantitative estimate of drug-likeness (QED) is 0.648. The van der Waals surface area contributed by atoms with Crippen LogP contribution in [0.5, 0.6) is 0 Å². The zero-order valence-electron chi connectivity index (χ0n) is 5.75. The molecule has 0 unspecified atom stereocenters. The SMILES string of the molecule is O=Cc1ccc(CO)cc1F. The molecule has 58 valence electrons. The summed E-state index contributed by atoms with van der Waals surface area (Å²) in [4.78, 5) is 10.1. The average Bonchev–Trinajstić information content (AvgIpc) is 2.04. The van der Waals surface area contributed by atoms with E-state index in [1.807, 2.05) is 0 Å². The Morgan fingerprint density at radius 1 is 1.55 bits per heavy atom. The Morgan fingerprint density at radius 2 is 2.27 bits per heavy atom. The van der Waals surface area contributed by atoms with Gasteiger partial charge in [0.1, 0.15) is 5.82 Å². The van der Waals surface area contributed by atoms with Crippen LogP contribution in [0.2, 0.25) is 0 Å². The molecule has 1 N–H and O–H groups in total. The van der Waals surface area contributed by atoms with Crippen LogP contribution in [0.15, 0.2) is 18.2 Å². The molecule has 0 radical (unpaired) electrons. The largest absolute Gasteiger partial charge is 0.392 e. The fraction of sp³-hybridized carbons (Fsp3) is 0.125. The first-order valence-electron chi connectivity index (χ1n) is 3.12. The van der Waals surface area contributed by atoms with Crippen molar-refractivity contribution < 1.29 is 14.3 Å². The summed E-state index contributed by atoms with van der Waals surface area (Å²) in [5.41, 5.74) is 0.482. The van der Waals surface area contributed by atoms with Crippen LogP contribution in [0.1, 0.15) is 15.9 Å². The van der Waals surface area contributed by atoms with Gasteiger partial charge in [-0.1, -0.05) is 6.07 Å². The van der Waals surface area contributed by atoms with E-state index in [-0.39, 0.29) is 12.2 Å². The Hall–Kier alpha value is -1.22. The molecule has 0 fully saturated rings. The molecule has 0 aliphatic rings. The van der Waals surface area contributed by atoms with Gasteiger partial charge in [-0.15, -0.1) is 0 Å². The van der Waals surface area contributed by atoms with E-state index in [0.29, 0.717) is 11.8 Å². The number of halogens is 1. The van der Waals surface area contributed by atoms with Gasteiger partial charge in [0.2, 0.25) is 0 Å². The van der Waals surface area contributed by atoms with E-state index in [9.17, 15) is 9.18 Å². The van der Waals surface area contributed by atoms with Crippen LogP contribution in [-0.2, 0) is 6.61 Å². The third-order valence-electron chi connectivity index (χ3n) is 1.37. The van der Waals surface area contributed by atoms with Crippen LogP contribution in [0.4, 0.5) is 4.39 Å². The van der Waals surface area contributed by atoms with Crippen LogP contribution in [-0.4, -0.2) is 11.4 Å². The summed E-state index contributed by atoms with van der Waals surface area (Å²) in [7, 11) is 0. The van der Waals surface area contributed by atoms with Gasteiger partial charge in [0.05, 0.1) is 12.2 Å². The predicted octanol–water partition coefficient (Wildman–Crippen LogP) is 1.13. The highest BCUT2D eigenvalue weighted by Gasteiger charge is 2.00. The maximum atomic E-state index is 12.7. The van der Waals surface area contributed by atoms with Crippen molar-refractivity contribution in [2.24, 2.45) is 0 Å². The lowest BCUT2D eigenvalue weighted by Crippen LogP contribution is -1.90. The first-order chi connectivity index (χ1) is 5.27. The van der Waals surface area contributed by atoms with Gasteiger partial charge in [0, 0.05) is 0 Å². The Balaban J connectivity index is 3.09. The highest BCUT2D eigenvalue weighted by atomic mass is 19.1. The number of carbonyl (C=O) groups excluding carboxylic acids is 1. The Kier molecular flexibility index (Phi) is 2.33. The number of aliphatic hydroxyl groups excluding tert-OH is 1. The van der Waals surface area contributed by atoms with Crippen molar-refractivity contribution in [3.8, 4) is 0 Å². The van der Waals surface area contributed by atoms with Crippen LogP contribution < -0.4 is 0 Å². The number of carbonyl (C=O) groups is 1. The van der Waals surface area contributed by atoms with Gasteiger partial charge in [-0.2, -0.15) is 0 Å². The van der Waals surface area contributed by atoms with E-state index < -0.39 is 5.82 Å². The van der Waals surface area contributed by atoms with Crippen molar-refractivity contribution in [3.05, 3.63) is 35.1 Å². The summed E-state index contributed by atoms with van der Waals surface area (Å²) in [6, 6.07) is 3.99. The summed E-state index contributed by atoms with van der Waals surface area (Å²) >= 11 is 0. The number of hydrogen-bond acceptors (Lipinski definition) is 2. The number of aliphatic hydroxyl groups is 1. The molecular weight excluding hydrogens is 147 g/mol. The molecule has 2 nitrogen and oxygen atoms in total. The Bertz CT molecular complexity index is 271. The monoisotopic (exact) mass is 154 g/mol. The van der Waals surface area contributed by atoms with Gasteiger partial charge in [-0.3, -0.25) is 4.79 Å². The van der Waals surface area contributed by atoms with E-state index in [0.717, 1.165) is 6.07 Å². The standard InChI is InChI=1S/C8H7FO2/c9-8-3-6(4-10)1-2-7(8)5-11/h1-3,5,10H,4H2. The molecule has 0 heterocycles. The minimum atomic E-state index is -0.591. The van der Waals surface area contributed by atoms with E-state index in [1.165, 1.54) is 12.1 Å². The predicted molar refractivity (Wildman–Crippen MR) is 37.7 cm³/mol. The third-order valence-corrected chi connectivity index (χ3v) is 1.37. The van der Waals surface area contributed by atoms with Crippen molar-refractivity contribution in [3.63, 3.8) is 0 Å². The number of hydrogen-bond donors (Lipinski definition) is 1. The highest BCUT2D eigenvalue weighted by molar-refractivity contribution is 5.75. The normalized spacial score (nSPS) is 9.64. The van der Waals surface area contributed by atoms with Crippen molar-refractivity contribution in [2.75, 3.05) is 0 Å². The molecular formula is C8H7FO2. The molecule has 0 bridgehead atoms. The van der Waals surface area contributed by atoms with Crippen molar-refractivity contribution in [2.45, 2.75) is 6.61 Å². The first-order valence-corrected chi connectivity index (χ1v) is 3.12. The lowest BCUT2D eigenvalue weighted by atomic mass is 10.1. The lowest BCUT2D eigenvalue weighted by Gasteiger charge is -1.96.